The number of carbonyl (C=O) groups is 1. The average molecular weight is 288 g/mol. The van der Waals surface area contributed by atoms with Crippen molar-refractivity contribution in [1.29, 1.82) is 0 Å². The molecule has 0 aliphatic carbocycles. The Morgan fingerprint density at radius 3 is 2.76 bits per heavy atom. The second-order valence-electron chi connectivity index (χ2n) is 4.64. The molecule has 7 heteroatoms. The minimum absolute atomic E-state index is 0.271. The molecule has 0 radical (unpaired) electrons. The maximum absolute atomic E-state index is 11.9. The van der Waals surface area contributed by atoms with Crippen molar-refractivity contribution in [2.75, 3.05) is 31.2 Å². The zero-order chi connectivity index (χ0) is 14.5. The highest BCUT2D eigenvalue weighted by atomic mass is 16.5. The maximum atomic E-state index is 11.9. The Labute approximate surface area is 121 Å². The van der Waals surface area contributed by atoms with Gasteiger partial charge >= 0.3 is 0 Å². The summed E-state index contributed by atoms with van der Waals surface area (Å²) in [6, 6.07) is 7.06. The van der Waals surface area contributed by atoms with Gasteiger partial charge in [-0.25, -0.2) is 0 Å². The molecule has 2 aromatic heterocycles. The summed E-state index contributed by atoms with van der Waals surface area (Å²) in [5.74, 6) is 1.19. The zero-order valence-electron chi connectivity index (χ0n) is 11.5. The number of furan rings is 1. The summed E-state index contributed by atoms with van der Waals surface area (Å²) in [7, 11) is 0. The molecule has 3 rings (SSSR count). The van der Waals surface area contributed by atoms with E-state index in [9.17, 15) is 4.79 Å². The van der Waals surface area contributed by atoms with Crippen molar-refractivity contribution >= 4 is 11.7 Å². The number of nitrogens with zero attached hydrogens (tertiary/aromatic N) is 3. The summed E-state index contributed by atoms with van der Waals surface area (Å²) < 4.78 is 10.4. The lowest BCUT2D eigenvalue weighted by atomic mass is 10.3. The molecule has 0 aromatic carbocycles. The van der Waals surface area contributed by atoms with Gasteiger partial charge in [-0.05, 0) is 24.3 Å². The average Bonchev–Trinajstić information content (AvgIpc) is 3.07. The van der Waals surface area contributed by atoms with E-state index in [2.05, 4.69) is 20.4 Å². The van der Waals surface area contributed by atoms with Gasteiger partial charge < -0.3 is 19.4 Å². The fourth-order valence-electron chi connectivity index (χ4n) is 2.08. The van der Waals surface area contributed by atoms with Gasteiger partial charge in [0.25, 0.3) is 5.91 Å². The van der Waals surface area contributed by atoms with E-state index in [-0.39, 0.29) is 5.91 Å². The van der Waals surface area contributed by atoms with Crippen LogP contribution in [0.1, 0.15) is 16.2 Å². The van der Waals surface area contributed by atoms with Gasteiger partial charge in [0.1, 0.15) is 5.76 Å². The molecule has 3 heterocycles. The van der Waals surface area contributed by atoms with Crippen LogP contribution in [-0.2, 0) is 11.3 Å². The van der Waals surface area contributed by atoms with E-state index in [1.165, 1.54) is 0 Å². The first-order valence-corrected chi connectivity index (χ1v) is 6.80. The topological polar surface area (TPSA) is 80.5 Å². The number of ether oxygens (including phenoxy) is 1. The standard InChI is InChI=1S/C14H16N4O3/c19-14(15-10-11-2-1-7-21-11)12-3-4-13(17-16-12)18-5-8-20-9-6-18/h1-4,7H,5-6,8-10H2,(H,15,19). The molecule has 1 saturated heterocycles. The molecule has 0 saturated carbocycles. The van der Waals surface area contributed by atoms with Gasteiger partial charge in [0.15, 0.2) is 11.5 Å². The molecule has 1 fully saturated rings. The van der Waals surface area contributed by atoms with E-state index in [0.29, 0.717) is 31.2 Å². The van der Waals surface area contributed by atoms with Crippen LogP contribution in [0.5, 0.6) is 0 Å². The Balaban J connectivity index is 1.59. The first-order chi connectivity index (χ1) is 10.3. The molecule has 2 aromatic rings. The zero-order valence-corrected chi connectivity index (χ0v) is 11.5. The van der Waals surface area contributed by atoms with E-state index in [1.807, 2.05) is 0 Å². The minimum Gasteiger partial charge on any atom is -0.467 e. The van der Waals surface area contributed by atoms with Gasteiger partial charge in [-0.1, -0.05) is 0 Å². The number of hydrogen-bond acceptors (Lipinski definition) is 6. The van der Waals surface area contributed by atoms with Gasteiger partial charge in [-0.2, -0.15) is 0 Å². The number of rotatable bonds is 4. The molecule has 1 aliphatic rings. The van der Waals surface area contributed by atoms with Gasteiger partial charge in [0, 0.05) is 13.1 Å². The van der Waals surface area contributed by atoms with E-state index in [4.69, 9.17) is 9.15 Å². The van der Waals surface area contributed by atoms with Crippen molar-refractivity contribution in [3.05, 3.63) is 42.0 Å². The van der Waals surface area contributed by atoms with Gasteiger partial charge in [-0.3, -0.25) is 4.79 Å². The summed E-state index contributed by atoms with van der Waals surface area (Å²) >= 11 is 0. The van der Waals surface area contributed by atoms with Crippen molar-refractivity contribution < 1.29 is 13.9 Å². The number of nitrogens with one attached hydrogen (secondary N) is 1. The molecule has 21 heavy (non-hydrogen) atoms. The molecule has 1 aliphatic heterocycles. The second-order valence-corrected chi connectivity index (χ2v) is 4.64. The van der Waals surface area contributed by atoms with Crippen LogP contribution in [0.4, 0.5) is 5.82 Å². The van der Waals surface area contributed by atoms with E-state index >= 15 is 0 Å². The molecule has 110 valence electrons. The lowest BCUT2D eigenvalue weighted by Gasteiger charge is -2.27. The summed E-state index contributed by atoms with van der Waals surface area (Å²) in [5.41, 5.74) is 0.290. The summed E-state index contributed by atoms with van der Waals surface area (Å²) in [6.07, 6.45) is 1.57. The summed E-state index contributed by atoms with van der Waals surface area (Å²) in [4.78, 5) is 14.0. The first-order valence-electron chi connectivity index (χ1n) is 6.80. The van der Waals surface area contributed by atoms with Crippen LogP contribution in [-0.4, -0.2) is 42.4 Å². The van der Waals surface area contributed by atoms with Crippen molar-refractivity contribution in [3.8, 4) is 0 Å². The Kier molecular flexibility index (Phi) is 4.11. The smallest absolute Gasteiger partial charge is 0.272 e. The van der Waals surface area contributed by atoms with E-state index in [0.717, 1.165) is 18.9 Å². The number of hydrogen-bond donors (Lipinski definition) is 1. The molecule has 0 spiro atoms. The number of anilines is 1. The van der Waals surface area contributed by atoms with Crippen LogP contribution >= 0.6 is 0 Å². The van der Waals surface area contributed by atoms with E-state index < -0.39 is 0 Å². The highest BCUT2D eigenvalue weighted by Crippen LogP contribution is 2.11. The van der Waals surface area contributed by atoms with Crippen molar-refractivity contribution in [1.82, 2.24) is 15.5 Å². The predicted octanol–water partition coefficient (Wildman–Crippen LogP) is 0.836. The quantitative estimate of drug-likeness (QED) is 0.898. The molecular formula is C14H16N4O3. The SMILES string of the molecule is O=C(NCc1ccco1)c1ccc(N2CCOCC2)nn1. The Bertz CT molecular complexity index is 577. The molecule has 1 amide bonds. The molecule has 1 N–H and O–H groups in total. The number of amides is 1. The molecule has 0 bridgehead atoms. The van der Waals surface area contributed by atoms with Crippen molar-refractivity contribution in [2.24, 2.45) is 0 Å². The Morgan fingerprint density at radius 1 is 1.24 bits per heavy atom. The normalized spacial score (nSPS) is 15.0. The first kappa shape index (κ1) is 13.6. The maximum Gasteiger partial charge on any atom is 0.272 e. The molecule has 0 unspecified atom stereocenters. The lowest BCUT2D eigenvalue weighted by Crippen LogP contribution is -2.37. The van der Waals surface area contributed by atoms with Crippen LogP contribution in [0.15, 0.2) is 34.9 Å². The van der Waals surface area contributed by atoms with Crippen LogP contribution in [0.3, 0.4) is 0 Å². The third-order valence-electron chi connectivity index (χ3n) is 3.22. The Morgan fingerprint density at radius 2 is 2.10 bits per heavy atom. The third kappa shape index (κ3) is 3.38. The van der Waals surface area contributed by atoms with E-state index in [1.54, 1.807) is 30.5 Å². The van der Waals surface area contributed by atoms with Crippen LogP contribution in [0.25, 0.3) is 0 Å². The van der Waals surface area contributed by atoms with Crippen LogP contribution < -0.4 is 10.2 Å². The van der Waals surface area contributed by atoms with Gasteiger partial charge in [0.2, 0.25) is 0 Å². The predicted molar refractivity (Wildman–Crippen MR) is 74.9 cm³/mol. The number of morpholine rings is 1. The molecular weight excluding hydrogens is 272 g/mol. The molecule has 7 nitrogen and oxygen atoms in total. The summed E-state index contributed by atoms with van der Waals surface area (Å²) in [6.45, 7) is 3.29. The fraction of sp³-hybridized carbons (Fsp3) is 0.357. The van der Waals surface area contributed by atoms with Gasteiger partial charge in [-0.15, -0.1) is 10.2 Å². The van der Waals surface area contributed by atoms with Gasteiger partial charge in [0.05, 0.1) is 26.0 Å². The monoisotopic (exact) mass is 288 g/mol. The largest absolute Gasteiger partial charge is 0.467 e. The third-order valence-corrected chi connectivity index (χ3v) is 3.22. The van der Waals surface area contributed by atoms with Crippen LogP contribution in [0, 0.1) is 0 Å². The lowest BCUT2D eigenvalue weighted by molar-refractivity contribution is 0.0942. The fourth-order valence-corrected chi connectivity index (χ4v) is 2.08. The summed E-state index contributed by atoms with van der Waals surface area (Å²) in [5, 5.41) is 10.8. The number of aromatic nitrogens is 2. The van der Waals surface area contributed by atoms with Crippen molar-refractivity contribution in [3.63, 3.8) is 0 Å². The minimum atomic E-state index is -0.271. The Hall–Kier alpha value is -2.41. The van der Waals surface area contributed by atoms with Crippen LogP contribution in [0.2, 0.25) is 0 Å². The molecule has 0 atom stereocenters. The second kappa shape index (κ2) is 6.36. The number of carbonyl (C=O) groups excluding carboxylic acids is 1. The highest BCUT2D eigenvalue weighted by Gasteiger charge is 2.14. The van der Waals surface area contributed by atoms with Crippen molar-refractivity contribution in [2.45, 2.75) is 6.54 Å². The highest BCUT2D eigenvalue weighted by molar-refractivity contribution is 5.92.